The van der Waals surface area contributed by atoms with Gasteiger partial charge in [-0.15, -0.1) is 0 Å². The first-order valence-electron chi connectivity index (χ1n) is 6.72. The van der Waals surface area contributed by atoms with Crippen LogP contribution in [0.4, 0.5) is 0 Å². The van der Waals surface area contributed by atoms with E-state index in [1.807, 2.05) is 12.3 Å². The number of hydrogen-bond acceptors (Lipinski definition) is 2. The minimum absolute atomic E-state index is 0.574. The van der Waals surface area contributed by atoms with E-state index in [1.165, 1.54) is 5.56 Å². The molecule has 0 bridgehead atoms. The minimum Gasteiger partial charge on any atom is -0.311 e. The first-order chi connectivity index (χ1) is 9.66. The number of nitrogens with one attached hydrogen (secondary N) is 1. The van der Waals surface area contributed by atoms with Crippen LogP contribution >= 0.6 is 31.9 Å². The highest BCUT2D eigenvalue weighted by molar-refractivity contribution is 9.11. The van der Waals surface area contributed by atoms with Crippen LogP contribution in [0.15, 0.2) is 51.5 Å². The van der Waals surface area contributed by atoms with Crippen LogP contribution in [-0.2, 0) is 6.54 Å². The van der Waals surface area contributed by atoms with Gasteiger partial charge in [0, 0.05) is 21.7 Å². The second kappa shape index (κ2) is 7.91. The smallest absolute Gasteiger partial charge is 0.0684 e. The zero-order chi connectivity index (χ0) is 14.4. The van der Waals surface area contributed by atoms with Crippen molar-refractivity contribution in [1.82, 2.24) is 10.3 Å². The molecule has 1 heterocycles. The molecule has 4 heteroatoms. The van der Waals surface area contributed by atoms with Crippen LogP contribution < -0.4 is 5.32 Å². The predicted octanol–water partition coefficient (Wildman–Crippen LogP) is 4.89. The Morgan fingerprint density at radius 1 is 1.20 bits per heavy atom. The van der Waals surface area contributed by atoms with Crippen LogP contribution in [0.2, 0.25) is 0 Å². The van der Waals surface area contributed by atoms with Gasteiger partial charge in [0.05, 0.1) is 5.69 Å². The maximum Gasteiger partial charge on any atom is 0.0684 e. The summed E-state index contributed by atoms with van der Waals surface area (Å²) in [5.41, 5.74) is 2.44. The van der Waals surface area contributed by atoms with Crippen molar-refractivity contribution in [3.05, 3.63) is 62.8 Å². The SMILES string of the molecule is CC(CCNCc1ncc(Br)cc1Br)c1ccccc1. The number of pyridine rings is 1. The standard InChI is InChI=1S/C16H18Br2N2/c1-12(13-5-3-2-4-6-13)7-8-19-11-16-15(18)9-14(17)10-20-16/h2-6,9-10,12,19H,7-8,11H2,1H3. The highest BCUT2D eigenvalue weighted by atomic mass is 79.9. The molecule has 0 aliphatic heterocycles. The van der Waals surface area contributed by atoms with E-state index in [2.05, 4.69) is 79.4 Å². The third-order valence-corrected chi connectivity index (χ3v) is 4.42. The van der Waals surface area contributed by atoms with Crippen LogP contribution in [0.5, 0.6) is 0 Å². The van der Waals surface area contributed by atoms with Crippen molar-refractivity contribution in [2.75, 3.05) is 6.54 Å². The lowest BCUT2D eigenvalue weighted by Crippen LogP contribution is -2.17. The fourth-order valence-electron chi connectivity index (χ4n) is 2.05. The number of halogens is 2. The number of rotatable bonds is 6. The van der Waals surface area contributed by atoms with Crippen LogP contribution in [0.25, 0.3) is 0 Å². The molecule has 1 aromatic heterocycles. The first kappa shape index (κ1) is 15.7. The van der Waals surface area contributed by atoms with E-state index in [9.17, 15) is 0 Å². The Morgan fingerprint density at radius 2 is 1.95 bits per heavy atom. The summed E-state index contributed by atoms with van der Waals surface area (Å²) in [6.07, 6.45) is 2.95. The molecule has 0 aliphatic rings. The van der Waals surface area contributed by atoms with Crippen LogP contribution in [0, 0.1) is 0 Å². The molecule has 2 rings (SSSR count). The molecule has 0 radical (unpaired) electrons. The van der Waals surface area contributed by atoms with Gasteiger partial charge in [0.1, 0.15) is 0 Å². The molecule has 1 N–H and O–H groups in total. The van der Waals surface area contributed by atoms with Gasteiger partial charge in [0.15, 0.2) is 0 Å². The third-order valence-electron chi connectivity index (χ3n) is 3.30. The summed E-state index contributed by atoms with van der Waals surface area (Å²) >= 11 is 6.94. The van der Waals surface area contributed by atoms with Crippen molar-refractivity contribution in [2.24, 2.45) is 0 Å². The van der Waals surface area contributed by atoms with E-state index in [-0.39, 0.29) is 0 Å². The summed E-state index contributed by atoms with van der Waals surface area (Å²) in [5, 5.41) is 3.45. The topological polar surface area (TPSA) is 24.9 Å². The van der Waals surface area contributed by atoms with Crippen molar-refractivity contribution >= 4 is 31.9 Å². The fourth-order valence-corrected chi connectivity index (χ4v) is 3.17. The second-order valence-corrected chi connectivity index (χ2v) is 6.63. The fraction of sp³-hybridized carbons (Fsp3) is 0.312. The maximum absolute atomic E-state index is 4.40. The van der Waals surface area contributed by atoms with Crippen LogP contribution in [-0.4, -0.2) is 11.5 Å². The average Bonchev–Trinajstić information content (AvgIpc) is 2.46. The molecule has 2 nitrogen and oxygen atoms in total. The average molecular weight is 398 g/mol. The molecule has 1 aromatic carbocycles. The number of hydrogen-bond donors (Lipinski definition) is 1. The molecule has 0 spiro atoms. The Bertz CT molecular complexity index is 543. The molecular weight excluding hydrogens is 380 g/mol. The van der Waals surface area contributed by atoms with Crippen molar-refractivity contribution in [1.29, 1.82) is 0 Å². The lowest BCUT2D eigenvalue weighted by Gasteiger charge is -2.12. The maximum atomic E-state index is 4.40. The third kappa shape index (κ3) is 4.69. The molecule has 0 amide bonds. The van der Waals surface area contributed by atoms with Gasteiger partial charge in [-0.25, -0.2) is 0 Å². The monoisotopic (exact) mass is 396 g/mol. The minimum atomic E-state index is 0.574. The van der Waals surface area contributed by atoms with Gasteiger partial charge in [-0.05, 0) is 62.4 Å². The Hall–Kier alpha value is -0.710. The zero-order valence-electron chi connectivity index (χ0n) is 11.4. The Kier molecular flexibility index (Phi) is 6.20. The molecule has 2 aromatic rings. The molecule has 20 heavy (non-hydrogen) atoms. The van der Waals surface area contributed by atoms with E-state index >= 15 is 0 Å². The van der Waals surface area contributed by atoms with Crippen molar-refractivity contribution in [3.63, 3.8) is 0 Å². The summed E-state index contributed by atoms with van der Waals surface area (Å²) in [5.74, 6) is 0.574. The quantitative estimate of drug-likeness (QED) is 0.702. The van der Waals surface area contributed by atoms with E-state index in [4.69, 9.17) is 0 Å². The van der Waals surface area contributed by atoms with E-state index in [0.29, 0.717) is 5.92 Å². The van der Waals surface area contributed by atoms with Crippen molar-refractivity contribution < 1.29 is 0 Å². The molecule has 0 saturated carbocycles. The highest BCUT2D eigenvalue weighted by Crippen LogP contribution is 2.20. The highest BCUT2D eigenvalue weighted by Gasteiger charge is 2.05. The number of benzene rings is 1. The van der Waals surface area contributed by atoms with Crippen molar-refractivity contribution in [3.8, 4) is 0 Å². The normalized spacial score (nSPS) is 12.3. The molecule has 1 atom stereocenters. The van der Waals surface area contributed by atoms with E-state index < -0.39 is 0 Å². The summed E-state index contributed by atoms with van der Waals surface area (Å²) in [6.45, 7) is 4.04. The largest absolute Gasteiger partial charge is 0.311 e. The lowest BCUT2D eigenvalue weighted by atomic mass is 9.98. The van der Waals surface area contributed by atoms with Crippen molar-refractivity contribution in [2.45, 2.75) is 25.8 Å². The van der Waals surface area contributed by atoms with Crippen LogP contribution in [0.1, 0.15) is 30.5 Å². The zero-order valence-corrected chi connectivity index (χ0v) is 14.6. The molecular formula is C16H18Br2N2. The van der Waals surface area contributed by atoms with Gasteiger partial charge < -0.3 is 5.32 Å². The molecule has 1 unspecified atom stereocenters. The lowest BCUT2D eigenvalue weighted by molar-refractivity contribution is 0.588. The van der Waals surface area contributed by atoms with Crippen LogP contribution in [0.3, 0.4) is 0 Å². The molecule has 0 fully saturated rings. The summed E-state index contributed by atoms with van der Waals surface area (Å²) in [7, 11) is 0. The summed E-state index contributed by atoms with van der Waals surface area (Å²) < 4.78 is 2.03. The summed E-state index contributed by atoms with van der Waals surface area (Å²) in [6, 6.07) is 12.7. The van der Waals surface area contributed by atoms with E-state index in [1.54, 1.807) is 0 Å². The van der Waals surface area contributed by atoms with Gasteiger partial charge >= 0.3 is 0 Å². The number of nitrogens with zero attached hydrogens (tertiary/aromatic N) is 1. The Labute approximate surface area is 137 Å². The van der Waals surface area contributed by atoms with Gasteiger partial charge in [-0.2, -0.15) is 0 Å². The van der Waals surface area contributed by atoms with Gasteiger partial charge in [0.25, 0.3) is 0 Å². The second-order valence-electron chi connectivity index (χ2n) is 4.86. The number of aromatic nitrogens is 1. The molecule has 106 valence electrons. The van der Waals surface area contributed by atoms with Gasteiger partial charge in [-0.1, -0.05) is 37.3 Å². The molecule has 0 saturated heterocycles. The molecule has 0 aliphatic carbocycles. The Balaban J connectivity index is 1.76. The van der Waals surface area contributed by atoms with Gasteiger partial charge in [-0.3, -0.25) is 4.98 Å². The Morgan fingerprint density at radius 3 is 2.65 bits per heavy atom. The summed E-state index contributed by atoms with van der Waals surface area (Å²) in [4.78, 5) is 4.40. The van der Waals surface area contributed by atoms with Gasteiger partial charge in [0.2, 0.25) is 0 Å². The predicted molar refractivity (Wildman–Crippen MR) is 90.8 cm³/mol. The first-order valence-corrected chi connectivity index (χ1v) is 8.31. The van der Waals surface area contributed by atoms with E-state index in [0.717, 1.165) is 34.1 Å².